The fourth-order valence-electron chi connectivity index (χ4n) is 4.81. The molecule has 0 bridgehead atoms. The summed E-state index contributed by atoms with van der Waals surface area (Å²) in [5, 5.41) is 6.88. The summed E-state index contributed by atoms with van der Waals surface area (Å²) in [7, 11) is 2.08. The number of nitrogens with zero attached hydrogens (tertiary/aromatic N) is 6. The summed E-state index contributed by atoms with van der Waals surface area (Å²) >= 11 is 0. The summed E-state index contributed by atoms with van der Waals surface area (Å²) in [6, 6.07) is 6.54. The van der Waals surface area contributed by atoms with Crippen molar-refractivity contribution in [3.05, 3.63) is 46.6 Å². The molecule has 0 saturated carbocycles. The Morgan fingerprint density at radius 3 is 2.64 bits per heavy atom. The second-order valence-corrected chi connectivity index (χ2v) is 9.47. The van der Waals surface area contributed by atoms with Gasteiger partial charge in [0.2, 0.25) is 0 Å². The zero-order valence-electron chi connectivity index (χ0n) is 20.6. The first-order chi connectivity index (χ1) is 17.6. The second kappa shape index (κ2) is 11.1. The van der Waals surface area contributed by atoms with Crippen LogP contribution in [0.4, 0.5) is 21.8 Å². The minimum atomic E-state index is -0.261. The number of likely N-dealkylation sites (tertiary alicyclic amines) is 1. The van der Waals surface area contributed by atoms with Crippen LogP contribution in [0, 0.1) is 10.7 Å². The number of hydrogen-bond acceptors (Lipinski definition) is 9. The van der Waals surface area contributed by atoms with Gasteiger partial charge in [-0.15, -0.1) is 4.91 Å². The summed E-state index contributed by atoms with van der Waals surface area (Å²) in [5.41, 5.74) is 1.24. The fourth-order valence-corrected chi connectivity index (χ4v) is 4.81. The fraction of sp³-hybridized carbons (Fsp3) is 0.462. The van der Waals surface area contributed by atoms with Crippen molar-refractivity contribution in [3.8, 4) is 0 Å². The smallest absolute Gasteiger partial charge is 0.260 e. The van der Waals surface area contributed by atoms with Crippen LogP contribution in [0.25, 0.3) is 23.1 Å². The van der Waals surface area contributed by atoms with E-state index >= 15 is 4.39 Å². The van der Waals surface area contributed by atoms with E-state index in [-0.39, 0.29) is 11.7 Å². The lowest BCUT2D eigenvalue weighted by atomic mass is 10.1. The number of furan rings is 1. The Morgan fingerprint density at radius 1 is 1.08 bits per heavy atom. The molecule has 0 radical (unpaired) electrons. The van der Waals surface area contributed by atoms with Crippen molar-refractivity contribution < 1.29 is 8.81 Å². The molecular weight excluding hydrogens is 461 g/mol. The summed E-state index contributed by atoms with van der Waals surface area (Å²) in [6.45, 7) is 7.42. The third kappa shape index (κ3) is 5.71. The van der Waals surface area contributed by atoms with Gasteiger partial charge in [0.15, 0.2) is 5.82 Å². The Bertz CT molecular complexity index is 1230. The molecule has 4 heterocycles. The van der Waals surface area contributed by atoms with Crippen molar-refractivity contribution in [2.45, 2.75) is 19.3 Å². The molecule has 1 aromatic carbocycles. The van der Waals surface area contributed by atoms with Crippen LogP contribution in [0.2, 0.25) is 0 Å². The lowest BCUT2D eigenvalue weighted by Gasteiger charge is -2.34. The highest BCUT2D eigenvalue weighted by Gasteiger charge is 2.20. The zero-order chi connectivity index (χ0) is 24.9. The number of piperazine rings is 1. The largest absolute Gasteiger partial charge is 0.436 e. The van der Waals surface area contributed by atoms with Crippen molar-refractivity contribution >= 4 is 40.4 Å². The highest BCUT2D eigenvalue weighted by Crippen LogP contribution is 2.30. The normalized spacial score (nSPS) is 17.4. The van der Waals surface area contributed by atoms with Crippen LogP contribution in [0.1, 0.15) is 30.8 Å². The molecule has 2 aliphatic rings. The maximum Gasteiger partial charge on any atom is 0.260 e. The molecule has 0 spiro atoms. The average molecular weight is 494 g/mol. The van der Waals surface area contributed by atoms with E-state index in [0.29, 0.717) is 34.0 Å². The van der Waals surface area contributed by atoms with Gasteiger partial charge in [-0.2, -0.15) is 0 Å². The minimum absolute atomic E-state index is 0.0155. The predicted molar refractivity (Wildman–Crippen MR) is 141 cm³/mol. The van der Waals surface area contributed by atoms with Crippen LogP contribution in [-0.2, 0) is 0 Å². The maximum atomic E-state index is 15.3. The zero-order valence-corrected chi connectivity index (χ0v) is 20.6. The van der Waals surface area contributed by atoms with E-state index < -0.39 is 0 Å². The van der Waals surface area contributed by atoms with Gasteiger partial charge in [-0.1, -0.05) is 0 Å². The number of likely N-dealkylation sites (N-methyl/N-ethyl adjacent to an activating group) is 1. The van der Waals surface area contributed by atoms with Gasteiger partial charge >= 0.3 is 0 Å². The van der Waals surface area contributed by atoms with Gasteiger partial charge in [-0.05, 0) is 76.3 Å². The molecule has 1 N–H and O–H groups in total. The summed E-state index contributed by atoms with van der Waals surface area (Å²) < 4.78 is 20.6. The molecule has 2 fully saturated rings. The molecule has 190 valence electrons. The van der Waals surface area contributed by atoms with Gasteiger partial charge in [0.05, 0.1) is 11.2 Å². The van der Waals surface area contributed by atoms with Crippen molar-refractivity contribution in [1.29, 1.82) is 0 Å². The first-order valence-corrected chi connectivity index (χ1v) is 12.6. The average Bonchev–Trinajstić information content (AvgIpc) is 3.58. The molecule has 3 aromatic rings. The third-order valence-electron chi connectivity index (χ3n) is 6.87. The third-order valence-corrected chi connectivity index (χ3v) is 6.87. The van der Waals surface area contributed by atoms with Crippen LogP contribution < -0.4 is 10.2 Å². The first kappa shape index (κ1) is 24.3. The van der Waals surface area contributed by atoms with Crippen LogP contribution in [0.15, 0.2) is 33.9 Å². The summed E-state index contributed by atoms with van der Waals surface area (Å²) in [4.78, 5) is 26.8. The lowest BCUT2D eigenvalue weighted by molar-refractivity contribution is 0.312. The number of benzene rings is 1. The molecule has 9 nitrogen and oxygen atoms in total. The number of hydrogen-bond donors (Lipinski definition) is 1. The molecule has 0 amide bonds. The maximum absolute atomic E-state index is 15.3. The number of anilines is 2. The second-order valence-electron chi connectivity index (χ2n) is 9.47. The topological polar surface area (TPSA) is 90.1 Å². The number of nitrogens with one attached hydrogen (secondary N) is 1. The van der Waals surface area contributed by atoms with Crippen molar-refractivity contribution in [2.24, 2.45) is 5.18 Å². The van der Waals surface area contributed by atoms with E-state index in [1.807, 2.05) is 6.07 Å². The van der Waals surface area contributed by atoms with E-state index in [9.17, 15) is 4.91 Å². The number of aromatic nitrogens is 2. The predicted octanol–water partition coefficient (Wildman–Crippen LogP) is 4.58. The van der Waals surface area contributed by atoms with E-state index in [1.54, 1.807) is 24.3 Å². The Balaban J connectivity index is 1.42. The van der Waals surface area contributed by atoms with E-state index in [0.717, 1.165) is 45.7 Å². The monoisotopic (exact) mass is 493 g/mol. The van der Waals surface area contributed by atoms with E-state index in [2.05, 4.69) is 37.2 Å². The molecular formula is C26H32FN7O2. The number of rotatable bonds is 9. The van der Waals surface area contributed by atoms with Gasteiger partial charge in [0, 0.05) is 49.4 Å². The highest BCUT2D eigenvalue weighted by molar-refractivity contribution is 5.92. The van der Waals surface area contributed by atoms with Crippen LogP contribution in [-0.4, -0.2) is 79.2 Å². The van der Waals surface area contributed by atoms with Gasteiger partial charge in [0.25, 0.3) is 5.88 Å². The summed E-state index contributed by atoms with van der Waals surface area (Å²) in [6.07, 6.45) is 6.94. The lowest BCUT2D eigenvalue weighted by Crippen LogP contribution is -2.44. The Labute approximate surface area is 210 Å². The van der Waals surface area contributed by atoms with Gasteiger partial charge in [-0.3, -0.25) is 0 Å². The minimum Gasteiger partial charge on any atom is -0.436 e. The highest BCUT2D eigenvalue weighted by atomic mass is 19.1. The molecule has 5 rings (SSSR count). The van der Waals surface area contributed by atoms with Crippen molar-refractivity contribution in [3.63, 3.8) is 0 Å². The van der Waals surface area contributed by atoms with Gasteiger partial charge in [0.1, 0.15) is 17.4 Å². The first-order valence-electron chi connectivity index (χ1n) is 12.6. The van der Waals surface area contributed by atoms with Crippen molar-refractivity contribution in [2.75, 3.05) is 69.6 Å². The van der Waals surface area contributed by atoms with Crippen LogP contribution in [0.3, 0.4) is 0 Å². The van der Waals surface area contributed by atoms with Crippen molar-refractivity contribution in [1.82, 2.24) is 19.8 Å². The molecule has 2 aliphatic heterocycles. The quantitative estimate of drug-likeness (QED) is 0.342. The molecule has 36 heavy (non-hydrogen) atoms. The molecule has 0 atom stereocenters. The Kier molecular flexibility index (Phi) is 7.52. The standard InChI is InChI=1S/C26H32FN7O2/c1-32-13-15-34(16-14-32)23-18-22-20(17-21(23)27)26(28-9-4-12-33-10-2-3-11-33)30-24(29-22)7-5-19-6-8-25(31-35)36-19/h5-8,17-18H,2-4,9-16H2,1H3,(H,28,29,30)/b7-5+. The van der Waals surface area contributed by atoms with Crippen LogP contribution >= 0.6 is 0 Å². The van der Waals surface area contributed by atoms with E-state index in [1.165, 1.54) is 32.0 Å². The molecule has 0 aliphatic carbocycles. The number of nitroso groups, excluding NO2 is 1. The van der Waals surface area contributed by atoms with E-state index in [4.69, 9.17) is 9.40 Å². The summed E-state index contributed by atoms with van der Waals surface area (Å²) in [5.74, 6) is 1.31. The molecule has 2 saturated heterocycles. The molecule has 2 aromatic heterocycles. The number of halogens is 1. The Morgan fingerprint density at radius 2 is 1.89 bits per heavy atom. The van der Waals surface area contributed by atoms with Gasteiger partial charge < -0.3 is 24.4 Å². The van der Waals surface area contributed by atoms with Gasteiger partial charge in [-0.25, -0.2) is 14.4 Å². The van der Waals surface area contributed by atoms with Crippen LogP contribution in [0.5, 0.6) is 0 Å². The Hall–Kier alpha value is -3.37. The molecule has 10 heteroatoms. The molecule has 0 unspecified atom stereocenters. The SMILES string of the molecule is CN1CCN(c2cc3nc(/C=C/c4ccc(N=O)o4)nc(NCCCN4CCCC4)c3cc2F)CC1. The number of fused-ring (bicyclic) bond motifs is 1.